The molecule has 16 heteroatoms. The van der Waals surface area contributed by atoms with E-state index in [-0.39, 0.29) is 48.5 Å². The number of nitrogens with zero attached hydrogens (tertiary/aromatic N) is 1. The summed E-state index contributed by atoms with van der Waals surface area (Å²) >= 11 is 0. The average Bonchev–Trinajstić information content (AvgIpc) is 2.90. The zero-order valence-corrected chi connectivity index (χ0v) is 26.9. The van der Waals surface area contributed by atoms with E-state index in [1.165, 1.54) is 0 Å². The van der Waals surface area contributed by atoms with Crippen LogP contribution >= 0.6 is 14.1 Å². The Hall–Kier alpha value is -3.33. The third kappa shape index (κ3) is 7.79. The third-order valence-corrected chi connectivity index (χ3v) is 10.9. The summed E-state index contributed by atoms with van der Waals surface area (Å²) < 4.78 is 175. The Kier molecular flexibility index (Phi) is 10.8. The lowest BCUT2D eigenvalue weighted by molar-refractivity contribution is 0.447. The summed E-state index contributed by atoms with van der Waals surface area (Å²) in [7, 11) is -1.73. The highest BCUT2D eigenvalue weighted by Crippen LogP contribution is 2.38. The van der Waals surface area contributed by atoms with E-state index < -0.39 is 112 Å². The number of hydrogen-bond donors (Lipinski definition) is 0. The Morgan fingerprint density at radius 3 is 0.609 bits per heavy atom. The number of benzene rings is 4. The Morgan fingerprint density at radius 2 is 0.500 bits per heavy atom. The molecule has 46 heavy (non-hydrogen) atoms. The van der Waals surface area contributed by atoms with Crippen LogP contribution in [0.1, 0.15) is 0 Å². The van der Waals surface area contributed by atoms with Crippen molar-refractivity contribution in [3.05, 3.63) is 118 Å². The third-order valence-electron chi connectivity index (χ3n) is 6.56. The monoisotopic (exact) mass is 701 g/mol. The van der Waals surface area contributed by atoms with Crippen LogP contribution in [0.2, 0.25) is 0 Å². The van der Waals surface area contributed by atoms with Gasteiger partial charge in [0.15, 0.2) is 69.8 Å². The zero-order chi connectivity index (χ0) is 35.1. The first kappa shape index (κ1) is 37.1. The highest BCUT2D eigenvalue weighted by molar-refractivity contribution is 7.71. The normalized spacial score (nSPS) is 12.0. The molecule has 0 aliphatic carbocycles. The largest absolute Gasteiger partial charge is 0.207 e. The fourth-order valence-corrected chi connectivity index (χ4v) is 11.7. The van der Waals surface area contributed by atoms with Gasteiger partial charge in [-0.25, -0.2) is 52.7 Å². The predicted octanol–water partition coefficient (Wildman–Crippen LogP) is 6.97. The molecule has 0 radical (unpaired) electrons. The van der Waals surface area contributed by atoms with Crippen LogP contribution < -0.4 is 26.0 Å². The zero-order valence-electron chi connectivity index (χ0n) is 25.1. The van der Waals surface area contributed by atoms with Crippen LogP contribution in [0.25, 0.3) is 0 Å². The second-order valence-corrected chi connectivity index (χ2v) is 20.5. The van der Waals surface area contributed by atoms with Crippen molar-refractivity contribution in [2.45, 2.75) is 0 Å². The highest BCUT2D eigenvalue weighted by Gasteiger charge is 2.37. The molecular formula is C30H26BF12NP2. The van der Waals surface area contributed by atoms with E-state index >= 15 is 0 Å². The quantitative estimate of drug-likeness (QED) is 0.0719. The van der Waals surface area contributed by atoms with Crippen molar-refractivity contribution in [3.8, 4) is 0 Å². The topological polar surface area (TPSA) is 14.1 Å². The van der Waals surface area contributed by atoms with Gasteiger partial charge in [-0.1, -0.05) is 48.5 Å². The Balaban J connectivity index is 0.000000559. The van der Waals surface area contributed by atoms with E-state index in [2.05, 4.69) is 40.0 Å². The van der Waals surface area contributed by atoms with E-state index in [9.17, 15) is 52.7 Å². The van der Waals surface area contributed by atoms with Crippen molar-refractivity contribution < 1.29 is 52.7 Å². The minimum absolute atomic E-state index is 0.177. The van der Waals surface area contributed by atoms with Crippen LogP contribution in [-0.2, 0) is 0 Å². The lowest BCUT2D eigenvalue weighted by Gasteiger charge is -2.44. The van der Waals surface area contributed by atoms with Gasteiger partial charge in [0.1, 0.15) is 6.15 Å². The summed E-state index contributed by atoms with van der Waals surface area (Å²) in [5, 5.41) is 0. The van der Waals surface area contributed by atoms with Crippen molar-refractivity contribution in [1.29, 1.82) is 0 Å². The minimum Gasteiger partial charge on any atom is -0.204 e. The van der Waals surface area contributed by atoms with Gasteiger partial charge in [0.2, 0.25) is 14.1 Å². The molecule has 4 aromatic carbocycles. The molecule has 0 aliphatic heterocycles. The van der Waals surface area contributed by atoms with E-state index in [4.69, 9.17) is 4.17 Å². The summed E-state index contributed by atoms with van der Waals surface area (Å²) in [4.78, 5) is 0. The first-order valence-corrected chi connectivity index (χ1v) is 19.3. The summed E-state index contributed by atoms with van der Waals surface area (Å²) in [6.45, 7) is 13.6. The molecule has 0 atom stereocenters. The molecule has 0 bridgehead atoms. The van der Waals surface area contributed by atoms with Gasteiger partial charge in [-0.3, -0.25) is 0 Å². The molecule has 0 amide bonds. The van der Waals surface area contributed by atoms with Gasteiger partial charge in [0.25, 0.3) is 0 Å². The van der Waals surface area contributed by atoms with Crippen LogP contribution in [0, 0.1) is 69.8 Å². The van der Waals surface area contributed by atoms with E-state index in [0.717, 1.165) is 0 Å². The maximum Gasteiger partial charge on any atom is 0.207 e. The molecule has 0 heterocycles. The molecule has 4 aromatic rings. The molecule has 0 spiro atoms. The fourth-order valence-electron chi connectivity index (χ4n) is 5.26. The molecule has 0 aliphatic rings. The first-order chi connectivity index (χ1) is 21.0. The maximum atomic E-state index is 14.4. The second-order valence-electron chi connectivity index (χ2n) is 12.0. The predicted molar refractivity (Wildman–Crippen MR) is 161 cm³/mol. The highest BCUT2D eigenvalue weighted by atomic mass is 31.2. The molecule has 0 unspecified atom stereocenters. The number of halogens is 12. The van der Waals surface area contributed by atoms with Gasteiger partial charge in [-0.05, 0) is 0 Å². The lowest BCUT2D eigenvalue weighted by Crippen LogP contribution is -2.75. The molecule has 0 saturated carbocycles. The van der Waals surface area contributed by atoms with Crippen LogP contribution in [0.3, 0.4) is 0 Å². The van der Waals surface area contributed by atoms with Crippen molar-refractivity contribution in [2.75, 3.05) is 40.0 Å². The average molecular weight is 701 g/mol. The molecule has 4 rings (SSSR count). The van der Waals surface area contributed by atoms with Crippen LogP contribution in [0.15, 0.2) is 48.5 Å². The summed E-state index contributed by atoms with van der Waals surface area (Å²) in [6, 6.07) is 1.41. The molecule has 0 aromatic heterocycles. The smallest absolute Gasteiger partial charge is 0.204 e. The van der Waals surface area contributed by atoms with E-state index in [1.54, 1.807) is 0 Å². The Labute approximate surface area is 257 Å². The van der Waals surface area contributed by atoms with Crippen molar-refractivity contribution in [2.24, 2.45) is 0 Å². The maximum absolute atomic E-state index is 14.4. The SMILES string of the molecule is CP(C)(C)=[N+]=P(C)(C)C.Fc1cc([B-](c2cc(F)c(F)c(F)c2)(c2cc(F)c(F)c(F)c2)c2cc(F)c(F)c(F)c2)cc(F)c1F. The summed E-state index contributed by atoms with van der Waals surface area (Å²) in [6.07, 6.45) is -4.01. The Morgan fingerprint density at radius 1 is 0.348 bits per heavy atom. The summed E-state index contributed by atoms with van der Waals surface area (Å²) in [5.74, 6) is -24.0. The molecule has 0 fully saturated rings. The minimum atomic E-state index is -4.01. The van der Waals surface area contributed by atoms with E-state index in [1.807, 2.05) is 0 Å². The molecule has 248 valence electrons. The number of hydrogen-bond acceptors (Lipinski definition) is 0. The summed E-state index contributed by atoms with van der Waals surface area (Å²) in [5.41, 5.74) is -3.79. The van der Waals surface area contributed by atoms with Gasteiger partial charge in [0, 0.05) is 40.0 Å². The van der Waals surface area contributed by atoms with Gasteiger partial charge in [-0.15, -0.1) is 0 Å². The molecule has 1 nitrogen and oxygen atoms in total. The van der Waals surface area contributed by atoms with E-state index in [0.29, 0.717) is 0 Å². The molecule has 0 saturated heterocycles. The van der Waals surface area contributed by atoms with Crippen LogP contribution in [-0.4, -0.2) is 46.1 Å². The van der Waals surface area contributed by atoms with Crippen LogP contribution in [0.4, 0.5) is 52.7 Å². The van der Waals surface area contributed by atoms with Gasteiger partial charge < -0.3 is 0 Å². The molecular weight excluding hydrogens is 675 g/mol. The van der Waals surface area contributed by atoms with Gasteiger partial charge >= 0.3 is 0 Å². The van der Waals surface area contributed by atoms with Crippen molar-refractivity contribution >= 4 is 42.1 Å². The Bertz CT molecular complexity index is 1600. The van der Waals surface area contributed by atoms with Gasteiger partial charge in [-0.2, -0.15) is 26.0 Å². The van der Waals surface area contributed by atoms with Crippen LogP contribution in [0.5, 0.6) is 0 Å². The first-order valence-electron chi connectivity index (χ1n) is 13.1. The number of rotatable bonds is 4. The molecule has 0 N–H and O–H groups in total. The van der Waals surface area contributed by atoms with Crippen molar-refractivity contribution in [3.63, 3.8) is 0 Å². The lowest BCUT2D eigenvalue weighted by atomic mass is 9.13. The van der Waals surface area contributed by atoms with Crippen molar-refractivity contribution in [1.82, 2.24) is 4.17 Å². The standard InChI is InChI=1S/C24H8BF12.C6H18NP2/c26-13-1-9(2-14(27)21(13)34)25(10-3-15(28)22(35)16(29)4-10,11-5-17(30)23(36)18(31)6-11)12-7-19(32)24(37)20(33)8-12;1-8(2,3)7-9(4,5)6/h1-8H;1-6H3/q-1;+1. The second kappa shape index (κ2) is 13.4. The fraction of sp³-hybridized carbons (Fsp3) is 0.200. The van der Waals surface area contributed by atoms with Gasteiger partial charge in [0.05, 0.1) is 0 Å².